The third-order valence-corrected chi connectivity index (χ3v) is 6.49. The Labute approximate surface area is 243 Å². The lowest BCUT2D eigenvalue weighted by Crippen LogP contribution is -2.47. The van der Waals surface area contributed by atoms with Crippen LogP contribution in [0.5, 0.6) is 0 Å². The normalized spacial score (nSPS) is 12.2. The van der Waals surface area contributed by atoms with E-state index < -0.39 is 23.6 Å². The average Bonchev–Trinajstić information content (AvgIpc) is 3.44. The van der Waals surface area contributed by atoms with Crippen molar-refractivity contribution in [2.24, 2.45) is 0 Å². The van der Waals surface area contributed by atoms with Gasteiger partial charge in [0.2, 0.25) is 5.91 Å². The Morgan fingerprint density at radius 3 is 2.37 bits per heavy atom. The SMILES string of the molecule is CC(C)n1cc(-c2ccc(Cl)c(CC(NC(=O)OC(C)(C)C)C(=O)Nc3ccc(-n4cncn4)cc3)c2)ccc1=O. The second-order valence-corrected chi connectivity index (χ2v) is 11.2. The van der Waals surface area contributed by atoms with Gasteiger partial charge in [-0.1, -0.05) is 17.7 Å². The van der Waals surface area contributed by atoms with Crippen LogP contribution in [0.3, 0.4) is 0 Å². The molecule has 0 aliphatic rings. The maximum atomic E-state index is 13.5. The van der Waals surface area contributed by atoms with Gasteiger partial charge in [-0.05, 0) is 93.8 Å². The standard InChI is InChI=1S/C30H33ClN6O4/c1-19(2)36-16-21(7-13-27(36)38)20-6-12-25(31)22(14-20)15-26(35-29(40)41-30(3,4)5)28(39)34-23-8-10-24(11-9-23)37-18-32-17-33-37/h6-14,16-19,26H,15H2,1-5H3,(H,34,39)(H,35,40). The number of ether oxygens (including phenoxy) is 1. The first-order valence-electron chi connectivity index (χ1n) is 13.2. The second kappa shape index (κ2) is 12.4. The minimum atomic E-state index is -1.00. The van der Waals surface area contributed by atoms with E-state index in [1.54, 1.807) is 78.9 Å². The maximum Gasteiger partial charge on any atom is 0.408 e. The van der Waals surface area contributed by atoms with E-state index in [1.807, 2.05) is 26.0 Å². The number of nitrogens with zero attached hydrogens (tertiary/aromatic N) is 4. The maximum absolute atomic E-state index is 13.5. The highest BCUT2D eigenvalue weighted by Crippen LogP contribution is 2.27. The number of hydrogen-bond acceptors (Lipinski definition) is 6. The molecule has 1 atom stereocenters. The van der Waals surface area contributed by atoms with E-state index in [1.165, 1.54) is 12.4 Å². The summed E-state index contributed by atoms with van der Waals surface area (Å²) in [5.41, 5.74) is 2.75. The van der Waals surface area contributed by atoms with Crippen LogP contribution in [0.2, 0.25) is 5.02 Å². The number of benzene rings is 2. The Morgan fingerprint density at radius 2 is 1.73 bits per heavy atom. The van der Waals surface area contributed by atoms with E-state index in [4.69, 9.17) is 16.3 Å². The van der Waals surface area contributed by atoms with Gasteiger partial charge in [-0.15, -0.1) is 0 Å². The van der Waals surface area contributed by atoms with Gasteiger partial charge in [0.25, 0.3) is 5.56 Å². The summed E-state index contributed by atoms with van der Waals surface area (Å²) in [6, 6.07) is 14.8. The molecule has 4 aromatic rings. The van der Waals surface area contributed by atoms with Gasteiger partial charge in [0.15, 0.2) is 0 Å². The zero-order valence-corrected chi connectivity index (χ0v) is 24.3. The van der Waals surface area contributed by atoms with Crippen molar-refractivity contribution in [1.29, 1.82) is 0 Å². The molecule has 2 heterocycles. The van der Waals surface area contributed by atoms with Crippen LogP contribution in [0.1, 0.15) is 46.2 Å². The van der Waals surface area contributed by atoms with Crippen molar-refractivity contribution in [3.8, 4) is 16.8 Å². The van der Waals surface area contributed by atoms with Crippen LogP contribution in [-0.2, 0) is 16.0 Å². The van der Waals surface area contributed by atoms with Crippen LogP contribution in [0.15, 0.2) is 78.2 Å². The molecule has 4 rings (SSSR count). The van der Waals surface area contributed by atoms with Crippen LogP contribution in [-0.4, -0.2) is 43.0 Å². The number of pyridine rings is 1. The lowest BCUT2D eigenvalue weighted by atomic mass is 9.99. The van der Waals surface area contributed by atoms with Gasteiger partial charge in [-0.3, -0.25) is 9.59 Å². The number of carbonyl (C=O) groups is 2. The minimum Gasteiger partial charge on any atom is -0.444 e. The van der Waals surface area contributed by atoms with Crippen LogP contribution in [0.4, 0.5) is 10.5 Å². The van der Waals surface area contributed by atoms with Crippen LogP contribution < -0.4 is 16.2 Å². The summed E-state index contributed by atoms with van der Waals surface area (Å²) in [7, 11) is 0. The first kappa shape index (κ1) is 29.5. The van der Waals surface area contributed by atoms with Gasteiger partial charge in [0, 0.05) is 35.4 Å². The third kappa shape index (κ3) is 7.82. The molecule has 11 heteroatoms. The molecule has 2 N–H and O–H groups in total. The number of nitrogens with one attached hydrogen (secondary N) is 2. The fourth-order valence-electron chi connectivity index (χ4n) is 4.14. The molecule has 41 heavy (non-hydrogen) atoms. The number of halogens is 1. The fraction of sp³-hybridized carbons (Fsp3) is 0.300. The first-order valence-corrected chi connectivity index (χ1v) is 13.5. The summed E-state index contributed by atoms with van der Waals surface area (Å²) in [6.45, 7) is 9.11. The Bertz CT molecular complexity index is 1570. The van der Waals surface area contributed by atoms with E-state index in [0.717, 1.165) is 16.8 Å². The fourth-order valence-corrected chi connectivity index (χ4v) is 4.33. The van der Waals surface area contributed by atoms with Crippen molar-refractivity contribution in [3.05, 3.63) is 94.4 Å². The molecule has 0 bridgehead atoms. The molecule has 0 saturated carbocycles. The lowest BCUT2D eigenvalue weighted by Gasteiger charge is -2.24. The smallest absolute Gasteiger partial charge is 0.408 e. The Balaban J connectivity index is 1.60. The first-order chi connectivity index (χ1) is 19.4. The summed E-state index contributed by atoms with van der Waals surface area (Å²) < 4.78 is 8.67. The largest absolute Gasteiger partial charge is 0.444 e. The van der Waals surface area contributed by atoms with E-state index in [-0.39, 0.29) is 18.0 Å². The van der Waals surface area contributed by atoms with Gasteiger partial charge in [-0.25, -0.2) is 14.5 Å². The zero-order valence-electron chi connectivity index (χ0n) is 23.6. The van der Waals surface area contributed by atoms with Crippen molar-refractivity contribution < 1.29 is 14.3 Å². The highest BCUT2D eigenvalue weighted by atomic mass is 35.5. The highest BCUT2D eigenvalue weighted by Gasteiger charge is 2.26. The number of hydrogen-bond donors (Lipinski definition) is 2. The number of carbonyl (C=O) groups excluding carboxylic acids is 2. The van der Waals surface area contributed by atoms with Crippen molar-refractivity contribution >= 4 is 29.3 Å². The van der Waals surface area contributed by atoms with Gasteiger partial charge >= 0.3 is 6.09 Å². The predicted molar refractivity (Wildman–Crippen MR) is 158 cm³/mol. The lowest BCUT2D eigenvalue weighted by molar-refractivity contribution is -0.118. The average molecular weight is 577 g/mol. The third-order valence-electron chi connectivity index (χ3n) is 6.12. The molecule has 2 aromatic carbocycles. The molecule has 214 valence electrons. The molecule has 0 radical (unpaired) electrons. The monoisotopic (exact) mass is 576 g/mol. The van der Waals surface area contributed by atoms with Crippen molar-refractivity contribution in [1.82, 2.24) is 24.6 Å². The molecule has 0 saturated heterocycles. The summed E-state index contributed by atoms with van der Waals surface area (Å²) >= 11 is 6.56. The number of aromatic nitrogens is 4. The van der Waals surface area contributed by atoms with Crippen molar-refractivity contribution in [3.63, 3.8) is 0 Å². The number of alkyl carbamates (subject to hydrolysis) is 1. The van der Waals surface area contributed by atoms with Gasteiger partial charge in [0.05, 0.1) is 5.69 Å². The molecule has 0 aliphatic carbocycles. The van der Waals surface area contributed by atoms with E-state index in [2.05, 4.69) is 20.7 Å². The second-order valence-electron chi connectivity index (χ2n) is 10.8. The Kier molecular flexibility index (Phi) is 8.92. The van der Waals surface area contributed by atoms with Gasteiger partial charge in [0.1, 0.15) is 24.3 Å². The van der Waals surface area contributed by atoms with E-state index in [0.29, 0.717) is 16.3 Å². The molecule has 0 aliphatic heterocycles. The topological polar surface area (TPSA) is 120 Å². The van der Waals surface area contributed by atoms with Crippen LogP contribution >= 0.6 is 11.6 Å². The minimum absolute atomic E-state index is 0.00870. The van der Waals surface area contributed by atoms with E-state index in [9.17, 15) is 14.4 Å². The molecule has 2 aromatic heterocycles. The molecule has 0 fully saturated rings. The molecule has 0 spiro atoms. The van der Waals surface area contributed by atoms with Gasteiger partial charge < -0.3 is 19.9 Å². The summed E-state index contributed by atoms with van der Waals surface area (Å²) in [4.78, 5) is 42.4. The van der Waals surface area contributed by atoms with Crippen LogP contribution in [0.25, 0.3) is 16.8 Å². The van der Waals surface area contributed by atoms with Crippen molar-refractivity contribution in [2.45, 2.75) is 58.7 Å². The summed E-state index contributed by atoms with van der Waals surface area (Å²) in [6.07, 6.45) is 4.17. The quantitative estimate of drug-likeness (QED) is 0.289. The predicted octanol–water partition coefficient (Wildman–Crippen LogP) is 5.40. The van der Waals surface area contributed by atoms with Crippen LogP contribution in [0, 0.1) is 0 Å². The van der Waals surface area contributed by atoms with E-state index >= 15 is 0 Å². The highest BCUT2D eigenvalue weighted by molar-refractivity contribution is 6.31. The number of amides is 2. The molecular weight excluding hydrogens is 544 g/mol. The molecule has 2 amide bonds. The number of anilines is 1. The summed E-state index contributed by atoms with van der Waals surface area (Å²) in [5.74, 6) is -0.445. The molecule has 1 unspecified atom stereocenters. The zero-order chi connectivity index (χ0) is 29.7. The van der Waals surface area contributed by atoms with Gasteiger partial charge in [-0.2, -0.15) is 5.10 Å². The molecule has 10 nitrogen and oxygen atoms in total. The number of rotatable bonds is 8. The van der Waals surface area contributed by atoms with Crippen molar-refractivity contribution in [2.75, 3.05) is 5.32 Å². The Hall–Kier alpha value is -4.44. The Morgan fingerprint density at radius 1 is 1.02 bits per heavy atom. The summed E-state index contributed by atoms with van der Waals surface area (Å²) in [5, 5.41) is 10.1. The molecular formula is C30H33ClN6O4.